The van der Waals surface area contributed by atoms with Gasteiger partial charge in [-0.2, -0.15) is 0 Å². The van der Waals surface area contributed by atoms with E-state index in [0.29, 0.717) is 16.3 Å². The van der Waals surface area contributed by atoms with Gasteiger partial charge in [0.1, 0.15) is 6.04 Å². The third kappa shape index (κ3) is 3.16. The van der Waals surface area contributed by atoms with Crippen LogP contribution >= 0.6 is 11.6 Å². The maximum absolute atomic E-state index is 11.8. The number of halogens is 1. The lowest BCUT2D eigenvalue weighted by atomic mass is 10.1. The number of amides is 2. The molecule has 2 amide bonds. The number of carbonyl (C=O) groups excluding carboxylic acids is 2. The zero-order valence-electron chi connectivity index (χ0n) is 10.6. The van der Waals surface area contributed by atoms with Crippen LogP contribution in [0.3, 0.4) is 0 Å². The smallest absolute Gasteiger partial charge is 0.274 e. The zero-order valence-corrected chi connectivity index (χ0v) is 11.3. The topological polar surface area (TPSA) is 98.2 Å². The number of hydrogen-bond donors (Lipinski definition) is 2. The number of nitrogens with two attached hydrogens (primary N) is 1. The summed E-state index contributed by atoms with van der Waals surface area (Å²) in [6, 6.07) is 7.64. The summed E-state index contributed by atoms with van der Waals surface area (Å²) < 4.78 is 5.08. The maximum Gasteiger partial charge on any atom is 0.274 e. The summed E-state index contributed by atoms with van der Waals surface area (Å²) in [6.07, 6.45) is 0. The van der Waals surface area contributed by atoms with Gasteiger partial charge in [0.25, 0.3) is 5.91 Å². The van der Waals surface area contributed by atoms with Crippen LogP contribution in [0.15, 0.2) is 34.9 Å². The molecule has 0 bridgehead atoms. The van der Waals surface area contributed by atoms with Gasteiger partial charge in [0, 0.05) is 16.7 Å². The molecule has 3 N–H and O–H groups in total. The normalized spacial score (nSPS) is 11.9. The number of nitrogens with zero attached hydrogens (tertiary/aromatic N) is 1. The van der Waals surface area contributed by atoms with Gasteiger partial charge >= 0.3 is 0 Å². The van der Waals surface area contributed by atoms with Crippen LogP contribution in [0.25, 0.3) is 11.3 Å². The zero-order chi connectivity index (χ0) is 14.7. The van der Waals surface area contributed by atoms with E-state index in [1.54, 1.807) is 24.3 Å². The first-order valence-electron chi connectivity index (χ1n) is 5.80. The van der Waals surface area contributed by atoms with Crippen LogP contribution in [0.2, 0.25) is 5.02 Å². The largest absolute Gasteiger partial charge is 0.368 e. The molecule has 0 unspecified atom stereocenters. The standard InChI is InChI=1S/C13H12ClN3O3/c1-7(12(15)18)16-13(19)10-6-11(20-17-10)8-3-2-4-9(14)5-8/h2-7H,1H3,(H2,15,18)(H,16,19)/t7-/m0/s1. The first kappa shape index (κ1) is 14.1. The average Bonchev–Trinajstić information content (AvgIpc) is 2.88. The fraction of sp³-hybridized carbons (Fsp3) is 0.154. The highest BCUT2D eigenvalue weighted by atomic mass is 35.5. The van der Waals surface area contributed by atoms with Crippen molar-refractivity contribution >= 4 is 23.4 Å². The molecule has 0 radical (unpaired) electrons. The molecular formula is C13H12ClN3O3. The minimum atomic E-state index is -0.784. The second-order valence-electron chi connectivity index (χ2n) is 4.18. The minimum Gasteiger partial charge on any atom is -0.368 e. The summed E-state index contributed by atoms with van der Waals surface area (Å²) >= 11 is 5.88. The molecule has 1 heterocycles. The van der Waals surface area contributed by atoms with Gasteiger partial charge in [-0.25, -0.2) is 0 Å². The van der Waals surface area contributed by atoms with Crippen LogP contribution in [0, 0.1) is 0 Å². The van der Waals surface area contributed by atoms with Crippen molar-refractivity contribution in [3.63, 3.8) is 0 Å². The van der Waals surface area contributed by atoms with Crippen LogP contribution in [0.1, 0.15) is 17.4 Å². The SMILES string of the molecule is C[C@H](NC(=O)c1cc(-c2cccc(Cl)c2)on1)C(N)=O. The molecule has 2 aromatic rings. The molecule has 0 fully saturated rings. The van der Waals surface area contributed by atoms with Crippen molar-refractivity contribution in [1.82, 2.24) is 10.5 Å². The Morgan fingerprint density at radius 1 is 1.40 bits per heavy atom. The molecule has 0 saturated carbocycles. The van der Waals surface area contributed by atoms with Gasteiger partial charge in [0.2, 0.25) is 5.91 Å². The molecule has 20 heavy (non-hydrogen) atoms. The Labute approximate surface area is 119 Å². The Bertz CT molecular complexity index is 654. The van der Waals surface area contributed by atoms with Crippen LogP contribution in [-0.4, -0.2) is 23.0 Å². The summed E-state index contributed by atoms with van der Waals surface area (Å²) in [5, 5.41) is 6.61. The molecule has 1 aromatic heterocycles. The van der Waals surface area contributed by atoms with E-state index in [1.807, 2.05) is 0 Å². The molecule has 0 saturated heterocycles. The molecule has 0 aliphatic carbocycles. The van der Waals surface area contributed by atoms with Gasteiger partial charge in [-0.05, 0) is 19.1 Å². The molecule has 6 nitrogen and oxygen atoms in total. The highest BCUT2D eigenvalue weighted by molar-refractivity contribution is 6.30. The molecule has 104 valence electrons. The maximum atomic E-state index is 11.8. The fourth-order valence-electron chi connectivity index (χ4n) is 1.50. The van der Waals surface area contributed by atoms with Crippen molar-refractivity contribution in [3.05, 3.63) is 41.0 Å². The molecule has 0 aliphatic rings. The van der Waals surface area contributed by atoms with E-state index in [-0.39, 0.29) is 5.69 Å². The first-order chi connectivity index (χ1) is 9.47. The molecule has 7 heteroatoms. The quantitative estimate of drug-likeness (QED) is 0.894. The Morgan fingerprint density at radius 2 is 2.15 bits per heavy atom. The lowest BCUT2D eigenvalue weighted by Crippen LogP contribution is -2.42. The minimum absolute atomic E-state index is 0.0630. The highest BCUT2D eigenvalue weighted by Crippen LogP contribution is 2.23. The predicted molar refractivity (Wildman–Crippen MR) is 73.1 cm³/mol. The number of primary amides is 1. The van der Waals surface area contributed by atoms with Gasteiger partial charge in [0.05, 0.1) is 0 Å². The third-order valence-corrected chi connectivity index (χ3v) is 2.86. The lowest BCUT2D eigenvalue weighted by Gasteiger charge is -2.07. The predicted octanol–water partition coefficient (Wildman–Crippen LogP) is 1.60. The first-order valence-corrected chi connectivity index (χ1v) is 6.18. The van der Waals surface area contributed by atoms with Crippen molar-refractivity contribution in [2.24, 2.45) is 5.73 Å². The van der Waals surface area contributed by atoms with Crippen LogP contribution in [0.5, 0.6) is 0 Å². The molecule has 1 atom stereocenters. The monoisotopic (exact) mass is 293 g/mol. The van der Waals surface area contributed by atoms with Crippen LogP contribution < -0.4 is 11.1 Å². The van der Waals surface area contributed by atoms with E-state index in [1.165, 1.54) is 13.0 Å². The second kappa shape index (κ2) is 5.75. The number of benzene rings is 1. The van der Waals surface area contributed by atoms with Gasteiger partial charge in [0.15, 0.2) is 11.5 Å². The van der Waals surface area contributed by atoms with Crippen LogP contribution in [-0.2, 0) is 4.79 Å². The summed E-state index contributed by atoms with van der Waals surface area (Å²) in [5.74, 6) is -0.755. The van der Waals surface area contributed by atoms with Crippen LogP contribution in [0.4, 0.5) is 0 Å². The van der Waals surface area contributed by atoms with Crippen molar-refractivity contribution in [2.75, 3.05) is 0 Å². The molecule has 2 rings (SSSR count). The van der Waals surface area contributed by atoms with Crippen molar-refractivity contribution in [3.8, 4) is 11.3 Å². The number of nitrogens with one attached hydrogen (secondary N) is 1. The van der Waals surface area contributed by atoms with Gasteiger partial charge in [-0.1, -0.05) is 28.9 Å². The van der Waals surface area contributed by atoms with Crippen molar-refractivity contribution in [2.45, 2.75) is 13.0 Å². The van der Waals surface area contributed by atoms with E-state index >= 15 is 0 Å². The second-order valence-corrected chi connectivity index (χ2v) is 4.62. The Balaban J connectivity index is 2.17. The average molecular weight is 294 g/mol. The Hall–Kier alpha value is -2.34. The Morgan fingerprint density at radius 3 is 2.80 bits per heavy atom. The van der Waals surface area contributed by atoms with E-state index in [2.05, 4.69) is 10.5 Å². The number of aromatic nitrogens is 1. The summed E-state index contributed by atoms with van der Waals surface area (Å²) in [4.78, 5) is 22.7. The summed E-state index contributed by atoms with van der Waals surface area (Å²) in [5.41, 5.74) is 5.83. The third-order valence-electron chi connectivity index (χ3n) is 2.63. The highest BCUT2D eigenvalue weighted by Gasteiger charge is 2.18. The molecule has 0 spiro atoms. The van der Waals surface area contributed by atoms with Crippen molar-refractivity contribution in [1.29, 1.82) is 0 Å². The van der Waals surface area contributed by atoms with E-state index < -0.39 is 17.9 Å². The van der Waals surface area contributed by atoms with E-state index in [4.69, 9.17) is 21.9 Å². The van der Waals surface area contributed by atoms with Gasteiger partial charge < -0.3 is 15.6 Å². The van der Waals surface area contributed by atoms with Crippen molar-refractivity contribution < 1.29 is 14.1 Å². The molecule has 1 aromatic carbocycles. The van der Waals surface area contributed by atoms with Gasteiger partial charge in [-0.15, -0.1) is 0 Å². The van der Waals surface area contributed by atoms with Gasteiger partial charge in [-0.3, -0.25) is 9.59 Å². The molecule has 0 aliphatic heterocycles. The summed E-state index contributed by atoms with van der Waals surface area (Å²) in [7, 11) is 0. The lowest BCUT2D eigenvalue weighted by molar-refractivity contribution is -0.119. The molecular weight excluding hydrogens is 282 g/mol. The van der Waals surface area contributed by atoms with E-state index in [0.717, 1.165) is 0 Å². The fourth-order valence-corrected chi connectivity index (χ4v) is 1.69. The Kier molecular flexibility index (Phi) is 4.05. The van der Waals surface area contributed by atoms with E-state index in [9.17, 15) is 9.59 Å². The number of carbonyl (C=O) groups is 2. The number of rotatable bonds is 4. The number of hydrogen-bond acceptors (Lipinski definition) is 4. The summed E-state index contributed by atoms with van der Waals surface area (Å²) in [6.45, 7) is 1.48.